The minimum atomic E-state index is 0.719. The van der Waals surface area contributed by atoms with Crippen molar-refractivity contribution < 1.29 is 0 Å². The first kappa shape index (κ1) is 8.59. The molecule has 0 bridgehead atoms. The van der Waals surface area contributed by atoms with Crippen molar-refractivity contribution in [1.29, 1.82) is 0 Å². The van der Waals surface area contributed by atoms with E-state index in [1.54, 1.807) is 12.3 Å². The van der Waals surface area contributed by atoms with Crippen LogP contribution in [0.4, 0.5) is 11.5 Å². The molecular formula is C9H13N3. The Morgan fingerprint density at radius 1 is 1.75 bits per heavy atom. The van der Waals surface area contributed by atoms with Crippen LogP contribution in [0.25, 0.3) is 0 Å². The Balaban J connectivity index is 2.75. The number of rotatable bonds is 3. The Hall–Kier alpha value is -1.51. The van der Waals surface area contributed by atoms with E-state index in [0.29, 0.717) is 0 Å². The lowest BCUT2D eigenvalue weighted by Crippen LogP contribution is -2.01. The molecule has 0 aromatic carbocycles. The molecule has 0 fully saturated rings. The van der Waals surface area contributed by atoms with Crippen molar-refractivity contribution in [3.8, 4) is 0 Å². The number of anilines is 2. The van der Waals surface area contributed by atoms with Crippen molar-refractivity contribution in [3.05, 3.63) is 30.5 Å². The van der Waals surface area contributed by atoms with Crippen LogP contribution in [0.2, 0.25) is 0 Å². The monoisotopic (exact) mass is 163 g/mol. The molecule has 0 atom stereocenters. The van der Waals surface area contributed by atoms with E-state index >= 15 is 0 Å². The summed E-state index contributed by atoms with van der Waals surface area (Å²) in [6.07, 6.45) is 3.44. The van der Waals surface area contributed by atoms with Gasteiger partial charge in [0.1, 0.15) is 5.82 Å². The molecule has 3 N–H and O–H groups in total. The Morgan fingerprint density at radius 3 is 3.08 bits per heavy atom. The molecule has 12 heavy (non-hydrogen) atoms. The lowest BCUT2D eigenvalue weighted by atomic mass is 10.2. The van der Waals surface area contributed by atoms with Gasteiger partial charge in [0.05, 0.1) is 11.9 Å². The van der Waals surface area contributed by atoms with E-state index < -0.39 is 0 Å². The summed E-state index contributed by atoms with van der Waals surface area (Å²) < 4.78 is 0. The number of pyridine rings is 1. The molecule has 0 aliphatic carbocycles. The maximum atomic E-state index is 5.61. The number of aromatic nitrogens is 1. The smallest absolute Gasteiger partial charge is 0.126 e. The van der Waals surface area contributed by atoms with Gasteiger partial charge < -0.3 is 11.1 Å². The second kappa shape index (κ2) is 3.76. The first-order chi connectivity index (χ1) is 5.74. The third kappa shape index (κ3) is 1.99. The number of aryl methyl sites for hydroxylation is 1. The molecule has 1 heterocycles. The van der Waals surface area contributed by atoms with Gasteiger partial charge in [-0.1, -0.05) is 6.08 Å². The van der Waals surface area contributed by atoms with E-state index in [9.17, 15) is 0 Å². The first-order valence-corrected chi connectivity index (χ1v) is 3.81. The zero-order chi connectivity index (χ0) is 8.97. The average Bonchev–Trinajstić information content (AvgIpc) is 2.07. The van der Waals surface area contributed by atoms with E-state index in [0.717, 1.165) is 23.6 Å². The summed E-state index contributed by atoms with van der Waals surface area (Å²) in [6, 6.07) is 1.92. The molecule has 64 valence electrons. The van der Waals surface area contributed by atoms with Crippen LogP contribution in [-0.4, -0.2) is 11.5 Å². The molecule has 1 aromatic rings. The lowest BCUT2D eigenvalue weighted by molar-refractivity contribution is 1.21. The normalized spacial score (nSPS) is 9.42. The summed E-state index contributed by atoms with van der Waals surface area (Å²) in [5.74, 6) is 0.835. The Bertz CT molecular complexity index is 281. The van der Waals surface area contributed by atoms with E-state index in [1.165, 1.54) is 0 Å². The van der Waals surface area contributed by atoms with Gasteiger partial charge in [-0.25, -0.2) is 4.98 Å². The summed E-state index contributed by atoms with van der Waals surface area (Å²) in [6.45, 7) is 6.27. The molecule has 0 unspecified atom stereocenters. The number of nitrogens with one attached hydrogen (secondary N) is 1. The third-order valence-corrected chi connectivity index (χ3v) is 1.58. The summed E-state index contributed by atoms with van der Waals surface area (Å²) in [5, 5.41) is 3.08. The van der Waals surface area contributed by atoms with Gasteiger partial charge in [-0.2, -0.15) is 0 Å². The maximum Gasteiger partial charge on any atom is 0.126 e. The molecule has 1 aromatic heterocycles. The molecule has 0 amide bonds. The number of hydrogen-bond donors (Lipinski definition) is 2. The SMILES string of the molecule is C=CCNc1cc(C)c(N)cn1. The average molecular weight is 163 g/mol. The van der Waals surface area contributed by atoms with Gasteiger partial charge in [0.2, 0.25) is 0 Å². The standard InChI is InChI=1S/C9H13N3/c1-3-4-11-9-5-7(2)8(10)6-12-9/h3,5-6H,1,4,10H2,2H3,(H,11,12). The van der Waals surface area contributed by atoms with Gasteiger partial charge in [0.25, 0.3) is 0 Å². The number of nitrogens with two attached hydrogens (primary N) is 1. The Labute approximate surface area is 72.3 Å². The molecule has 0 saturated heterocycles. The highest BCUT2D eigenvalue weighted by atomic mass is 15.0. The highest BCUT2D eigenvalue weighted by molar-refractivity contribution is 5.50. The molecule has 3 heteroatoms. The molecule has 0 spiro atoms. The summed E-state index contributed by atoms with van der Waals surface area (Å²) in [7, 11) is 0. The second-order valence-corrected chi connectivity index (χ2v) is 2.60. The highest BCUT2D eigenvalue weighted by Gasteiger charge is 1.95. The van der Waals surface area contributed by atoms with Crippen LogP contribution in [0.15, 0.2) is 24.9 Å². The number of hydrogen-bond acceptors (Lipinski definition) is 3. The Morgan fingerprint density at radius 2 is 2.50 bits per heavy atom. The molecule has 1 rings (SSSR count). The van der Waals surface area contributed by atoms with Crippen molar-refractivity contribution in [2.75, 3.05) is 17.6 Å². The van der Waals surface area contributed by atoms with Crippen LogP contribution in [-0.2, 0) is 0 Å². The Kier molecular flexibility index (Phi) is 2.69. The largest absolute Gasteiger partial charge is 0.397 e. The topological polar surface area (TPSA) is 50.9 Å². The predicted molar refractivity (Wildman–Crippen MR) is 52.1 cm³/mol. The van der Waals surface area contributed by atoms with Gasteiger partial charge in [0.15, 0.2) is 0 Å². The zero-order valence-corrected chi connectivity index (χ0v) is 7.17. The van der Waals surface area contributed by atoms with Crippen LogP contribution in [0, 0.1) is 6.92 Å². The van der Waals surface area contributed by atoms with Gasteiger partial charge in [-0.05, 0) is 18.6 Å². The summed E-state index contributed by atoms with van der Waals surface area (Å²) >= 11 is 0. The van der Waals surface area contributed by atoms with Crippen LogP contribution in [0.3, 0.4) is 0 Å². The predicted octanol–water partition coefficient (Wildman–Crippen LogP) is 1.57. The molecule has 0 aliphatic rings. The van der Waals surface area contributed by atoms with Gasteiger partial charge in [-0.15, -0.1) is 6.58 Å². The van der Waals surface area contributed by atoms with Crippen molar-refractivity contribution in [2.45, 2.75) is 6.92 Å². The fourth-order valence-electron chi connectivity index (χ4n) is 0.840. The minimum absolute atomic E-state index is 0.719. The fraction of sp³-hybridized carbons (Fsp3) is 0.222. The number of nitrogen functional groups attached to an aromatic ring is 1. The maximum absolute atomic E-state index is 5.61. The quantitative estimate of drug-likeness (QED) is 0.665. The van der Waals surface area contributed by atoms with Crippen LogP contribution in [0.1, 0.15) is 5.56 Å². The van der Waals surface area contributed by atoms with E-state index in [1.807, 2.05) is 13.0 Å². The van der Waals surface area contributed by atoms with Crippen LogP contribution in [0.5, 0.6) is 0 Å². The number of nitrogens with zero attached hydrogens (tertiary/aromatic N) is 1. The van der Waals surface area contributed by atoms with E-state index in [4.69, 9.17) is 5.73 Å². The van der Waals surface area contributed by atoms with Crippen LogP contribution >= 0.6 is 0 Å². The van der Waals surface area contributed by atoms with Crippen molar-refractivity contribution in [1.82, 2.24) is 4.98 Å². The molecule has 0 radical (unpaired) electrons. The fourth-order valence-corrected chi connectivity index (χ4v) is 0.840. The first-order valence-electron chi connectivity index (χ1n) is 3.81. The summed E-state index contributed by atoms with van der Waals surface area (Å²) in [4.78, 5) is 4.09. The van der Waals surface area contributed by atoms with Crippen molar-refractivity contribution in [3.63, 3.8) is 0 Å². The lowest BCUT2D eigenvalue weighted by Gasteiger charge is -2.04. The van der Waals surface area contributed by atoms with E-state index in [-0.39, 0.29) is 0 Å². The van der Waals surface area contributed by atoms with Crippen molar-refractivity contribution >= 4 is 11.5 Å². The molecule has 3 nitrogen and oxygen atoms in total. The minimum Gasteiger partial charge on any atom is -0.397 e. The van der Waals surface area contributed by atoms with E-state index in [2.05, 4.69) is 16.9 Å². The molecule has 0 saturated carbocycles. The van der Waals surface area contributed by atoms with Gasteiger partial charge in [0, 0.05) is 6.54 Å². The third-order valence-electron chi connectivity index (χ3n) is 1.58. The molecule has 0 aliphatic heterocycles. The van der Waals surface area contributed by atoms with Crippen molar-refractivity contribution in [2.24, 2.45) is 0 Å². The summed E-state index contributed by atoms with van der Waals surface area (Å²) in [5.41, 5.74) is 7.37. The van der Waals surface area contributed by atoms with Gasteiger partial charge in [-0.3, -0.25) is 0 Å². The molecular weight excluding hydrogens is 150 g/mol. The van der Waals surface area contributed by atoms with Crippen LogP contribution < -0.4 is 11.1 Å². The zero-order valence-electron chi connectivity index (χ0n) is 7.17. The second-order valence-electron chi connectivity index (χ2n) is 2.60. The van der Waals surface area contributed by atoms with Gasteiger partial charge >= 0.3 is 0 Å². The highest BCUT2D eigenvalue weighted by Crippen LogP contribution is 2.12.